The lowest BCUT2D eigenvalue weighted by atomic mass is 10.1. The highest BCUT2D eigenvalue weighted by Gasteiger charge is 2.32. The number of benzene rings is 1. The molecule has 4 aromatic rings. The van der Waals surface area contributed by atoms with E-state index >= 15 is 0 Å². The van der Waals surface area contributed by atoms with E-state index in [-0.39, 0.29) is 11.8 Å². The van der Waals surface area contributed by atoms with E-state index in [9.17, 15) is 4.79 Å². The summed E-state index contributed by atoms with van der Waals surface area (Å²) in [5.41, 5.74) is 4.10. The standard InChI is InChI=1S/C22H24N4O2S/c1-13-12-29-22-20(23-14(2)26(13)22)15-7-8-25(11-15)21(27)19-10-16-9-17(28-4)5-6-18(16)24(19)3/h5-6,9-10,12,15H,7-8,11H2,1-4H3/t15-/m0/s1. The molecule has 1 aliphatic heterocycles. The highest BCUT2D eigenvalue weighted by molar-refractivity contribution is 7.15. The molecule has 1 saturated heterocycles. The van der Waals surface area contributed by atoms with Gasteiger partial charge in [0.15, 0.2) is 0 Å². The van der Waals surface area contributed by atoms with Crippen molar-refractivity contribution in [3.05, 3.63) is 52.6 Å². The van der Waals surface area contributed by atoms with Crippen LogP contribution in [0.1, 0.15) is 40.0 Å². The maximum absolute atomic E-state index is 13.3. The van der Waals surface area contributed by atoms with Gasteiger partial charge in [0.2, 0.25) is 0 Å². The zero-order valence-corrected chi connectivity index (χ0v) is 17.9. The Kier molecular flexibility index (Phi) is 4.17. The molecule has 0 unspecified atom stereocenters. The number of aryl methyl sites for hydroxylation is 3. The summed E-state index contributed by atoms with van der Waals surface area (Å²) in [6, 6.07) is 7.87. The first-order valence-electron chi connectivity index (χ1n) is 9.83. The molecule has 0 saturated carbocycles. The van der Waals surface area contributed by atoms with Crippen LogP contribution in [0.5, 0.6) is 5.75 Å². The van der Waals surface area contributed by atoms with Gasteiger partial charge in [0.05, 0.1) is 12.8 Å². The molecule has 0 spiro atoms. The molecule has 4 heterocycles. The quantitative estimate of drug-likeness (QED) is 0.512. The number of carbonyl (C=O) groups excluding carboxylic acids is 1. The first-order valence-corrected chi connectivity index (χ1v) is 10.7. The average Bonchev–Trinajstić information content (AvgIpc) is 3.47. The molecule has 1 aromatic carbocycles. The molecule has 7 heteroatoms. The largest absolute Gasteiger partial charge is 0.497 e. The van der Waals surface area contributed by atoms with Gasteiger partial charge in [0.25, 0.3) is 5.91 Å². The van der Waals surface area contributed by atoms with E-state index < -0.39 is 0 Å². The fraction of sp³-hybridized carbons (Fsp3) is 0.364. The number of fused-ring (bicyclic) bond motifs is 2. The van der Waals surface area contributed by atoms with Gasteiger partial charge >= 0.3 is 0 Å². The minimum Gasteiger partial charge on any atom is -0.497 e. The molecule has 5 rings (SSSR count). The number of nitrogens with zero attached hydrogens (tertiary/aromatic N) is 4. The number of aromatic nitrogens is 3. The highest BCUT2D eigenvalue weighted by atomic mass is 32.1. The van der Waals surface area contributed by atoms with Crippen molar-refractivity contribution in [1.82, 2.24) is 18.9 Å². The van der Waals surface area contributed by atoms with Crippen LogP contribution in [0.3, 0.4) is 0 Å². The van der Waals surface area contributed by atoms with Gasteiger partial charge in [0.1, 0.15) is 22.1 Å². The molecule has 29 heavy (non-hydrogen) atoms. The van der Waals surface area contributed by atoms with Crippen LogP contribution in [0, 0.1) is 13.8 Å². The summed E-state index contributed by atoms with van der Waals surface area (Å²) in [7, 11) is 3.61. The van der Waals surface area contributed by atoms with Crippen molar-refractivity contribution in [2.75, 3.05) is 20.2 Å². The van der Waals surface area contributed by atoms with Crippen LogP contribution in [0.2, 0.25) is 0 Å². The second kappa shape index (κ2) is 6.62. The Morgan fingerprint density at radius 3 is 2.90 bits per heavy atom. The monoisotopic (exact) mass is 408 g/mol. The summed E-state index contributed by atoms with van der Waals surface area (Å²) in [5.74, 6) is 2.20. The second-order valence-corrected chi connectivity index (χ2v) is 8.67. The summed E-state index contributed by atoms with van der Waals surface area (Å²) < 4.78 is 9.52. The molecule has 6 nitrogen and oxygen atoms in total. The van der Waals surface area contributed by atoms with Crippen LogP contribution in [0.4, 0.5) is 0 Å². The summed E-state index contributed by atoms with van der Waals surface area (Å²) in [5, 5.41) is 3.20. The Balaban J connectivity index is 1.43. The first-order chi connectivity index (χ1) is 14.0. The third kappa shape index (κ3) is 2.75. The van der Waals surface area contributed by atoms with E-state index in [1.165, 1.54) is 10.5 Å². The summed E-state index contributed by atoms with van der Waals surface area (Å²) in [6.45, 7) is 5.64. The topological polar surface area (TPSA) is 51.8 Å². The van der Waals surface area contributed by atoms with Crippen LogP contribution in [-0.2, 0) is 7.05 Å². The minimum atomic E-state index is 0.0831. The smallest absolute Gasteiger partial charge is 0.270 e. The van der Waals surface area contributed by atoms with Crippen molar-refractivity contribution in [2.24, 2.45) is 7.05 Å². The van der Waals surface area contributed by atoms with Crippen LogP contribution in [0.25, 0.3) is 15.7 Å². The minimum absolute atomic E-state index is 0.0831. The number of likely N-dealkylation sites (tertiary alicyclic amines) is 1. The Bertz CT molecular complexity index is 1250. The lowest BCUT2D eigenvalue weighted by Gasteiger charge is -2.16. The zero-order chi connectivity index (χ0) is 20.3. The van der Waals surface area contributed by atoms with E-state index in [0.717, 1.165) is 41.1 Å². The van der Waals surface area contributed by atoms with Gasteiger partial charge in [-0.15, -0.1) is 11.3 Å². The number of thiazole rings is 1. The predicted molar refractivity (Wildman–Crippen MR) is 115 cm³/mol. The van der Waals surface area contributed by atoms with Crippen molar-refractivity contribution in [2.45, 2.75) is 26.2 Å². The Morgan fingerprint density at radius 1 is 1.28 bits per heavy atom. The van der Waals surface area contributed by atoms with Gasteiger partial charge in [-0.05, 0) is 44.5 Å². The molecular weight excluding hydrogens is 384 g/mol. The lowest BCUT2D eigenvalue weighted by Crippen LogP contribution is -2.30. The molecule has 1 fully saturated rings. The number of methoxy groups -OCH3 is 1. The first kappa shape index (κ1) is 18.2. The fourth-order valence-corrected chi connectivity index (χ4v) is 5.61. The summed E-state index contributed by atoms with van der Waals surface area (Å²) >= 11 is 1.74. The van der Waals surface area contributed by atoms with Crippen LogP contribution >= 0.6 is 11.3 Å². The van der Waals surface area contributed by atoms with Gasteiger partial charge in [0, 0.05) is 48.0 Å². The number of rotatable bonds is 3. The SMILES string of the molecule is COc1ccc2c(c1)cc(C(=O)N1CC[C@H](c3nc(C)n4c(C)csc34)C1)n2C. The molecule has 1 aliphatic rings. The molecule has 0 radical (unpaired) electrons. The predicted octanol–water partition coefficient (Wildman–Crippen LogP) is 4.14. The van der Waals surface area contributed by atoms with Crippen LogP contribution in [0.15, 0.2) is 29.6 Å². The molecule has 150 valence electrons. The maximum atomic E-state index is 13.3. The van der Waals surface area contributed by atoms with Gasteiger partial charge in [-0.1, -0.05) is 0 Å². The number of hydrogen-bond donors (Lipinski definition) is 0. The highest BCUT2D eigenvalue weighted by Crippen LogP contribution is 2.34. The molecule has 0 N–H and O–H groups in total. The van der Waals surface area contributed by atoms with E-state index in [4.69, 9.17) is 9.72 Å². The molecule has 0 aliphatic carbocycles. The average molecular weight is 409 g/mol. The third-order valence-electron chi connectivity index (χ3n) is 6.05. The molecule has 3 aromatic heterocycles. The lowest BCUT2D eigenvalue weighted by molar-refractivity contribution is 0.0782. The Morgan fingerprint density at radius 2 is 2.10 bits per heavy atom. The second-order valence-electron chi connectivity index (χ2n) is 7.81. The number of ether oxygens (including phenoxy) is 1. The third-order valence-corrected chi connectivity index (χ3v) is 7.13. The van der Waals surface area contributed by atoms with Gasteiger partial charge in [-0.2, -0.15) is 0 Å². The number of amides is 1. The van der Waals surface area contributed by atoms with E-state index in [2.05, 4.69) is 23.6 Å². The van der Waals surface area contributed by atoms with Crippen molar-refractivity contribution in [3.8, 4) is 5.75 Å². The number of hydrogen-bond acceptors (Lipinski definition) is 4. The molecular formula is C22H24N4O2S. The zero-order valence-electron chi connectivity index (χ0n) is 17.1. The van der Waals surface area contributed by atoms with E-state index in [1.807, 2.05) is 40.8 Å². The molecule has 0 bridgehead atoms. The van der Waals surface area contributed by atoms with Crippen molar-refractivity contribution < 1.29 is 9.53 Å². The normalized spacial score (nSPS) is 17.0. The van der Waals surface area contributed by atoms with E-state index in [0.29, 0.717) is 12.2 Å². The van der Waals surface area contributed by atoms with Crippen LogP contribution in [-0.4, -0.2) is 45.0 Å². The summed E-state index contributed by atoms with van der Waals surface area (Å²) in [6.07, 6.45) is 0.951. The van der Waals surface area contributed by atoms with Gasteiger partial charge in [-0.3, -0.25) is 9.20 Å². The number of carbonyl (C=O) groups is 1. The molecule has 1 amide bonds. The Labute approximate surface area is 173 Å². The van der Waals surface area contributed by atoms with Gasteiger partial charge < -0.3 is 14.2 Å². The number of imidazole rings is 1. The Hall–Kier alpha value is -2.80. The summed E-state index contributed by atoms with van der Waals surface area (Å²) in [4.78, 5) is 21.3. The van der Waals surface area contributed by atoms with Crippen molar-refractivity contribution in [3.63, 3.8) is 0 Å². The van der Waals surface area contributed by atoms with Crippen molar-refractivity contribution in [1.29, 1.82) is 0 Å². The maximum Gasteiger partial charge on any atom is 0.270 e. The fourth-order valence-electron chi connectivity index (χ4n) is 4.51. The van der Waals surface area contributed by atoms with E-state index in [1.54, 1.807) is 18.4 Å². The van der Waals surface area contributed by atoms with Crippen molar-refractivity contribution >= 4 is 33.0 Å². The van der Waals surface area contributed by atoms with Gasteiger partial charge in [-0.25, -0.2) is 4.98 Å². The molecule has 1 atom stereocenters. The van der Waals surface area contributed by atoms with Crippen LogP contribution < -0.4 is 4.74 Å².